The zero-order chi connectivity index (χ0) is 11.4. The summed E-state index contributed by atoms with van der Waals surface area (Å²) in [5, 5.41) is 3.63. The van der Waals surface area contributed by atoms with E-state index in [0.29, 0.717) is 6.04 Å². The fourth-order valence-electron chi connectivity index (χ4n) is 2.21. The second-order valence-corrected chi connectivity index (χ2v) is 5.38. The first-order chi connectivity index (χ1) is 7.85. The van der Waals surface area contributed by atoms with Crippen LogP contribution in [-0.4, -0.2) is 12.8 Å². The van der Waals surface area contributed by atoms with Crippen molar-refractivity contribution in [2.24, 2.45) is 5.92 Å². The molecule has 2 heteroatoms. The molecule has 0 aromatic heterocycles. The topological polar surface area (TPSA) is 12.0 Å². The summed E-state index contributed by atoms with van der Waals surface area (Å²) in [4.78, 5) is 1.43. The Hall–Kier alpha value is -0.470. The number of hydrogen-bond donors (Lipinski definition) is 1. The highest BCUT2D eigenvalue weighted by Crippen LogP contribution is 2.39. The summed E-state index contributed by atoms with van der Waals surface area (Å²) in [7, 11) is 0. The van der Waals surface area contributed by atoms with Crippen LogP contribution in [0, 0.1) is 5.92 Å². The minimum atomic E-state index is 0.557. The van der Waals surface area contributed by atoms with Crippen LogP contribution < -0.4 is 5.32 Å². The first-order valence-corrected chi connectivity index (χ1v) is 7.44. The van der Waals surface area contributed by atoms with E-state index in [9.17, 15) is 0 Å². The molecule has 1 fully saturated rings. The monoisotopic (exact) mass is 235 g/mol. The van der Waals surface area contributed by atoms with Crippen LogP contribution in [0.2, 0.25) is 0 Å². The predicted molar refractivity (Wildman–Crippen MR) is 72.0 cm³/mol. The van der Waals surface area contributed by atoms with E-state index >= 15 is 0 Å². The molecule has 1 N–H and O–H groups in total. The summed E-state index contributed by atoms with van der Waals surface area (Å²) in [5.74, 6) is 0.971. The Morgan fingerprint density at radius 3 is 2.75 bits per heavy atom. The molecule has 0 amide bonds. The zero-order valence-corrected chi connectivity index (χ0v) is 11.0. The van der Waals surface area contributed by atoms with Gasteiger partial charge in [0.2, 0.25) is 0 Å². The number of rotatable bonds is 6. The van der Waals surface area contributed by atoms with Crippen molar-refractivity contribution < 1.29 is 0 Å². The highest BCUT2D eigenvalue weighted by Gasteiger charge is 2.26. The third-order valence-corrected chi connectivity index (χ3v) is 4.04. The molecule has 2 rings (SSSR count). The van der Waals surface area contributed by atoms with Crippen LogP contribution in [0.1, 0.15) is 37.8 Å². The van der Waals surface area contributed by atoms with E-state index in [1.807, 2.05) is 11.8 Å². The Morgan fingerprint density at radius 2 is 2.12 bits per heavy atom. The lowest BCUT2D eigenvalue weighted by Crippen LogP contribution is -2.22. The molecule has 0 heterocycles. The fraction of sp³-hybridized carbons (Fsp3) is 0.571. The van der Waals surface area contributed by atoms with Crippen LogP contribution in [0.3, 0.4) is 0 Å². The van der Waals surface area contributed by atoms with Crippen molar-refractivity contribution >= 4 is 11.8 Å². The second kappa shape index (κ2) is 5.74. The van der Waals surface area contributed by atoms with Crippen LogP contribution >= 0.6 is 11.8 Å². The van der Waals surface area contributed by atoms with Gasteiger partial charge in [0.15, 0.2) is 0 Å². The third-order valence-electron chi connectivity index (χ3n) is 3.23. The molecule has 1 aliphatic rings. The van der Waals surface area contributed by atoms with Gasteiger partial charge in [-0.05, 0) is 36.8 Å². The first-order valence-electron chi connectivity index (χ1n) is 6.21. The largest absolute Gasteiger partial charge is 0.310 e. The van der Waals surface area contributed by atoms with Gasteiger partial charge < -0.3 is 5.32 Å². The molecule has 1 aliphatic carbocycles. The van der Waals surface area contributed by atoms with Crippen molar-refractivity contribution in [3.05, 3.63) is 29.8 Å². The Bertz CT molecular complexity index is 333. The van der Waals surface area contributed by atoms with Gasteiger partial charge in [-0.3, -0.25) is 0 Å². The summed E-state index contributed by atoms with van der Waals surface area (Å²) < 4.78 is 0. The molecule has 1 saturated carbocycles. The second-order valence-electron chi connectivity index (χ2n) is 4.53. The van der Waals surface area contributed by atoms with E-state index in [1.54, 1.807) is 0 Å². The average Bonchev–Trinajstić information content (AvgIpc) is 3.12. The fourth-order valence-corrected chi connectivity index (χ4v) is 2.87. The van der Waals surface area contributed by atoms with Crippen molar-refractivity contribution in [3.8, 4) is 0 Å². The molecule has 1 atom stereocenters. The maximum absolute atomic E-state index is 3.63. The van der Waals surface area contributed by atoms with Crippen molar-refractivity contribution in [1.29, 1.82) is 0 Å². The Kier molecular flexibility index (Phi) is 4.30. The summed E-state index contributed by atoms with van der Waals surface area (Å²) in [6, 6.07) is 9.36. The van der Waals surface area contributed by atoms with E-state index in [2.05, 4.69) is 42.8 Å². The number of thioether (sulfide) groups is 1. The van der Waals surface area contributed by atoms with Gasteiger partial charge in [-0.1, -0.05) is 38.0 Å². The van der Waals surface area contributed by atoms with E-state index in [4.69, 9.17) is 0 Å². The summed E-state index contributed by atoms with van der Waals surface area (Å²) in [6.07, 6.45) is 6.34. The molecule has 1 aromatic rings. The van der Waals surface area contributed by atoms with Crippen molar-refractivity contribution in [2.45, 2.75) is 37.1 Å². The van der Waals surface area contributed by atoms with Crippen LogP contribution in [0.25, 0.3) is 0 Å². The Balaban J connectivity index is 2.14. The van der Waals surface area contributed by atoms with Gasteiger partial charge in [0.25, 0.3) is 0 Å². The quantitative estimate of drug-likeness (QED) is 0.751. The molecular weight excluding hydrogens is 214 g/mol. The predicted octanol–water partition coefficient (Wildman–Crippen LogP) is 3.86. The van der Waals surface area contributed by atoms with Gasteiger partial charge in [0.05, 0.1) is 0 Å². The zero-order valence-electron chi connectivity index (χ0n) is 10.2. The molecular formula is C14H21NS. The van der Waals surface area contributed by atoms with Gasteiger partial charge >= 0.3 is 0 Å². The van der Waals surface area contributed by atoms with Crippen LogP contribution in [0.5, 0.6) is 0 Å². The molecule has 0 spiro atoms. The molecule has 0 bridgehead atoms. The van der Waals surface area contributed by atoms with Gasteiger partial charge in [-0.15, -0.1) is 11.8 Å². The van der Waals surface area contributed by atoms with Gasteiger partial charge in [-0.2, -0.15) is 0 Å². The molecule has 16 heavy (non-hydrogen) atoms. The van der Waals surface area contributed by atoms with Crippen molar-refractivity contribution in [1.82, 2.24) is 5.32 Å². The smallest absolute Gasteiger partial charge is 0.0333 e. The summed E-state index contributed by atoms with van der Waals surface area (Å²) in [6.45, 7) is 3.25. The van der Waals surface area contributed by atoms with Crippen molar-refractivity contribution in [2.75, 3.05) is 12.8 Å². The highest BCUT2D eigenvalue weighted by molar-refractivity contribution is 7.98. The lowest BCUT2D eigenvalue weighted by molar-refractivity contribution is 0.481. The SMILES string of the molecule is CCNC(CC1CC1)c1ccccc1SC. The average molecular weight is 235 g/mol. The minimum absolute atomic E-state index is 0.557. The highest BCUT2D eigenvalue weighted by atomic mass is 32.2. The maximum atomic E-state index is 3.63. The van der Waals surface area contributed by atoms with Crippen LogP contribution in [0.15, 0.2) is 29.2 Å². The minimum Gasteiger partial charge on any atom is -0.310 e. The van der Waals surface area contributed by atoms with Crippen molar-refractivity contribution in [3.63, 3.8) is 0 Å². The Labute approximate surface area is 103 Å². The number of benzene rings is 1. The lowest BCUT2D eigenvalue weighted by atomic mass is 10.0. The number of hydrogen-bond acceptors (Lipinski definition) is 2. The lowest BCUT2D eigenvalue weighted by Gasteiger charge is -2.20. The van der Waals surface area contributed by atoms with Crippen LogP contribution in [0.4, 0.5) is 0 Å². The standard InChI is InChI=1S/C14H21NS/c1-3-15-13(10-11-8-9-11)12-6-4-5-7-14(12)16-2/h4-7,11,13,15H,3,8-10H2,1-2H3. The molecule has 0 radical (unpaired) electrons. The molecule has 1 aromatic carbocycles. The van der Waals surface area contributed by atoms with Gasteiger partial charge in [0, 0.05) is 10.9 Å². The Morgan fingerprint density at radius 1 is 1.38 bits per heavy atom. The van der Waals surface area contributed by atoms with Gasteiger partial charge in [-0.25, -0.2) is 0 Å². The van der Waals surface area contributed by atoms with Crippen LogP contribution in [-0.2, 0) is 0 Å². The summed E-state index contributed by atoms with van der Waals surface area (Å²) >= 11 is 1.86. The number of nitrogens with one attached hydrogen (secondary N) is 1. The molecule has 0 saturated heterocycles. The van der Waals surface area contributed by atoms with E-state index < -0.39 is 0 Å². The molecule has 0 aliphatic heterocycles. The third kappa shape index (κ3) is 3.02. The van der Waals surface area contributed by atoms with Gasteiger partial charge in [0.1, 0.15) is 0 Å². The molecule has 1 unspecified atom stereocenters. The first kappa shape index (κ1) is 12.0. The van der Waals surface area contributed by atoms with E-state index in [1.165, 1.54) is 29.7 Å². The van der Waals surface area contributed by atoms with E-state index in [0.717, 1.165) is 12.5 Å². The molecule has 88 valence electrons. The normalized spacial score (nSPS) is 17.4. The molecule has 1 nitrogen and oxygen atoms in total. The van der Waals surface area contributed by atoms with E-state index in [-0.39, 0.29) is 0 Å². The maximum Gasteiger partial charge on any atom is 0.0333 e. The summed E-state index contributed by atoms with van der Waals surface area (Å²) in [5.41, 5.74) is 1.49.